The van der Waals surface area contributed by atoms with Crippen LogP contribution in [-0.2, 0) is 12.8 Å². The van der Waals surface area contributed by atoms with Crippen LogP contribution in [0.3, 0.4) is 0 Å². The second kappa shape index (κ2) is 7.01. The fraction of sp³-hybridized carbons (Fsp3) is 0.556. The molecule has 1 aliphatic carbocycles. The lowest BCUT2D eigenvalue weighted by atomic mass is 9.79. The number of allylic oxidation sites excluding steroid dienone is 1. The highest BCUT2D eigenvalue weighted by Crippen LogP contribution is 2.32. The summed E-state index contributed by atoms with van der Waals surface area (Å²) in [5.41, 5.74) is 1.00. The van der Waals surface area contributed by atoms with Gasteiger partial charge in [0.1, 0.15) is 0 Å². The van der Waals surface area contributed by atoms with Gasteiger partial charge in [-0.05, 0) is 67.9 Å². The molecule has 0 radical (unpaired) electrons. The van der Waals surface area contributed by atoms with E-state index in [2.05, 4.69) is 12.7 Å². The highest BCUT2D eigenvalue weighted by atomic mass is 19.2. The Morgan fingerprint density at radius 2 is 1.70 bits per heavy atom. The fourth-order valence-electron chi connectivity index (χ4n) is 3.17. The van der Waals surface area contributed by atoms with Crippen molar-refractivity contribution in [1.82, 2.24) is 0 Å². The summed E-state index contributed by atoms with van der Waals surface area (Å²) in [5, 5.41) is 0. The highest BCUT2D eigenvalue weighted by molar-refractivity contribution is 5.26. The molecule has 0 aliphatic heterocycles. The molecular weight excluding hydrogens is 254 g/mol. The minimum Gasteiger partial charge on any atom is -0.203 e. The first-order valence-corrected chi connectivity index (χ1v) is 7.74. The summed E-state index contributed by atoms with van der Waals surface area (Å²) in [6.45, 7) is 5.69. The third-order valence-corrected chi connectivity index (χ3v) is 4.67. The van der Waals surface area contributed by atoms with Gasteiger partial charge in [0.2, 0.25) is 0 Å². The molecule has 1 aliphatic rings. The van der Waals surface area contributed by atoms with Crippen molar-refractivity contribution in [2.45, 2.75) is 51.9 Å². The van der Waals surface area contributed by atoms with E-state index in [9.17, 15) is 8.78 Å². The van der Waals surface area contributed by atoms with E-state index in [1.54, 1.807) is 12.1 Å². The van der Waals surface area contributed by atoms with Crippen molar-refractivity contribution in [2.24, 2.45) is 11.8 Å². The maximum absolute atomic E-state index is 13.9. The minimum absolute atomic E-state index is 0.470. The van der Waals surface area contributed by atoms with E-state index < -0.39 is 11.6 Å². The molecule has 1 aromatic carbocycles. The maximum Gasteiger partial charge on any atom is 0.162 e. The van der Waals surface area contributed by atoms with Crippen LogP contribution in [0.4, 0.5) is 8.78 Å². The first kappa shape index (κ1) is 15.2. The molecule has 0 nitrogen and oxygen atoms in total. The fourth-order valence-corrected chi connectivity index (χ4v) is 3.17. The Morgan fingerprint density at radius 1 is 1.10 bits per heavy atom. The van der Waals surface area contributed by atoms with Crippen LogP contribution in [-0.4, -0.2) is 0 Å². The van der Waals surface area contributed by atoms with E-state index in [-0.39, 0.29) is 0 Å². The van der Waals surface area contributed by atoms with E-state index >= 15 is 0 Å². The molecule has 0 heterocycles. The number of aryl methyl sites for hydroxylation is 2. The number of rotatable bonds is 5. The molecule has 0 bridgehead atoms. The van der Waals surface area contributed by atoms with Gasteiger partial charge in [0.05, 0.1) is 0 Å². The standard InChI is InChI=1S/C18H24F2/c1-3-13-5-7-14(8-6-13)9-10-16-12-11-15(4-2)17(19)18(16)20/h3,11-14H,1,4-10H2,2H3. The molecule has 0 spiro atoms. The lowest BCUT2D eigenvalue weighted by Crippen LogP contribution is -2.14. The molecule has 0 aromatic heterocycles. The van der Waals surface area contributed by atoms with Crippen molar-refractivity contribution in [3.8, 4) is 0 Å². The summed E-state index contributed by atoms with van der Waals surface area (Å²) in [5.74, 6) is 0.0216. The van der Waals surface area contributed by atoms with Gasteiger partial charge < -0.3 is 0 Å². The van der Waals surface area contributed by atoms with E-state index in [0.29, 0.717) is 35.8 Å². The van der Waals surface area contributed by atoms with Crippen molar-refractivity contribution in [1.29, 1.82) is 0 Å². The average Bonchev–Trinajstić information content (AvgIpc) is 2.49. The van der Waals surface area contributed by atoms with Gasteiger partial charge in [-0.25, -0.2) is 8.78 Å². The van der Waals surface area contributed by atoms with Crippen molar-refractivity contribution in [2.75, 3.05) is 0 Å². The topological polar surface area (TPSA) is 0 Å². The first-order valence-electron chi connectivity index (χ1n) is 7.74. The second-order valence-corrected chi connectivity index (χ2v) is 5.92. The van der Waals surface area contributed by atoms with E-state index in [1.165, 1.54) is 25.7 Å². The molecule has 1 aromatic rings. The lowest BCUT2D eigenvalue weighted by Gasteiger charge is -2.26. The van der Waals surface area contributed by atoms with Crippen LogP contribution in [0.2, 0.25) is 0 Å². The monoisotopic (exact) mass is 278 g/mol. The van der Waals surface area contributed by atoms with Gasteiger partial charge in [-0.1, -0.05) is 25.1 Å². The number of hydrogen-bond acceptors (Lipinski definition) is 0. The van der Waals surface area contributed by atoms with Crippen molar-refractivity contribution < 1.29 is 8.78 Å². The summed E-state index contributed by atoms with van der Waals surface area (Å²) in [6.07, 6.45) is 8.96. The van der Waals surface area contributed by atoms with E-state index in [4.69, 9.17) is 0 Å². The largest absolute Gasteiger partial charge is 0.203 e. The summed E-state index contributed by atoms with van der Waals surface area (Å²) >= 11 is 0. The Kier molecular flexibility index (Phi) is 5.33. The van der Waals surface area contributed by atoms with Crippen LogP contribution >= 0.6 is 0 Å². The Morgan fingerprint density at radius 3 is 2.30 bits per heavy atom. The van der Waals surface area contributed by atoms with Crippen molar-refractivity contribution in [3.63, 3.8) is 0 Å². The summed E-state index contributed by atoms with van der Waals surface area (Å²) in [7, 11) is 0. The Labute approximate surface area is 120 Å². The molecule has 0 saturated heterocycles. The Balaban J connectivity index is 1.91. The zero-order chi connectivity index (χ0) is 14.5. The summed E-state index contributed by atoms with van der Waals surface area (Å²) < 4.78 is 27.7. The van der Waals surface area contributed by atoms with Gasteiger partial charge in [-0.15, -0.1) is 6.58 Å². The number of halogens is 2. The quantitative estimate of drug-likeness (QED) is 0.628. The van der Waals surface area contributed by atoms with E-state index in [0.717, 1.165) is 6.42 Å². The normalized spacial score (nSPS) is 22.8. The van der Waals surface area contributed by atoms with Crippen molar-refractivity contribution >= 4 is 0 Å². The molecule has 110 valence electrons. The van der Waals surface area contributed by atoms with Crippen molar-refractivity contribution in [3.05, 3.63) is 47.5 Å². The van der Waals surface area contributed by atoms with Gasteiger partial charge in [0.15, 0.2) is 11.6 Å². The minimum atomic E-state index is -0.652. The van der Waals surface area contributed by atoms with Gasteiger partial charge in [-0.2, -0.15) is 0 Å². The SMILES string of the molecule is C=CC1CCC(CCc2ccc(CC)c(F)c2F)CC1. The molecule has 0 unspecified atom stereocenters. The van der Waals surface area contributed by atoms with Crippen LogP contribution in [0.5, 0.6) is 0 Å². The van der Waals surface area contributed by atoms with Gasteiger partial charge in [0, 0.05) is 0 Å². The van der Waals surface area contributed by atoms with Crippen LogP contribution in [0, 0.1) is 23.5 Å². The van der Waals surface area contributed by atoms with Gasteiger partial charge in [0.25, 0.3) is 0 Å². The molecular formula is C18H24F2. The smallest absolute Gasteiger partial charge is 0.162 e. The molecule has 2 heteroatoms. The molecule has 1 saturated carbocycles. The second-order valence-electron chi connectivity index (χ2n) is 5.92. The predicted molar refractivity (Wildman–Crippen MR) is 79.7 cm³/mol. The van der Waals surface area contributed by atoms with E-state index in [1.807, 2.05) is 6.92 Å². The third kappa shape index (κ3) is 3.47. The van der Waals surface area contributed by atoms with Crippen LogP contribution in [0.25, 0.3) is 0 Å². The number of hydrogen-bond donors (Lipinski definition) is 0. The zero-order valence-electron chi connectivity index (χ0n) is 12.3. The highest BCUT2D eigenvalue weighted by Gasteiger charge is 2.20. The Bertz CT molecular complexity index is 457. The maximum atomic E-state index is 13.9. The molecule has 0 N–H and O–H groups in total. The first-order chi connectivity index (χ1) is 9.65. The van der Waals surface area contributed by atoms with Crippen LogP contribution in [0.15, 0.2) is 24.8 Å². The zero-order valence-corrected chi connectivity index (χ0v) is 12.3. The lowest BCUT2D eigenvalue weighted by molar-refractivity contribution is 0.295. The summed E-state index contributed by atoms with van der Waals surface area (Å²) in [6, 6.07) is 3.48. The summed E-state index contributed by atoms with van der Waals surface area (Å²) in [4.78, 5) is 0. The molecule has 1 fully saturated rings. The third-order valence-electron chi connectivity index (χ3n) is 4.67. The molecule has 2 rings (SSSR count). The number of benzene rings is 1. The van der Waals surface area contributed by atoms with Crippen LogP contribution in [0.1, 0.15) is 50.2 Å². The molecule has 0 amide bonds. The molecule has 20 heavy (non-hydrogen) atoms. The Hall–Kier alpha value is -1.18. The van der Waals surface area contributed by atoms with Gasteiger partial charge in [-0.3, -0.25) is 0 Å². The van der Waals surface area contributed by atoms with Crippen LogP contribution < -0.4 is 0 Å². The van der Waals surface area contributed by atoms with Gasteiger partial charge >= 0.3 is 0 Å². The predicted octanol–water partition coefficient (Wildman–Crippen LogP) is 5.45. The average molecular weight is 278 g/mol. The molecule has 0 atom stereocenters.